The van der Waals surface area contributed by atoms with Crippen molar-refractivity contribution in [3.05, 3.63) is 63.5 Å². The van der Waals surface area contributed by atoms with Crippen molar-refractivity contribution in [2.24, 2.45) is 0 Å². The first kappa shape index (κ1) is 18.8. The SMILES string of the molecule is O=c1nc(N2CCC(O)C2)n2ccc(C(F)(F)F)cc2c1-c1ccccc1Cl. The molecule has 146 valence electrons. The van der Waals surface area contributed by atoms with Crippen molar-refractivity contribution in [2.75, 3.05) is 18.0 Å². The zero-order chi connectivity index (χ0) is 20.1. The van der Waals surface area contributed by atoms with Crippen LogP contribution in [0.4, 0.5) is 19.1 Å². The zero-order valence-electron chi connectivity index (χ0n) is 14.4. The number of aromatic nitrogens is 2. The largest absolute Gasteiger partial charge is 0.416 e. The highest BCUT2D eigenvalue weighted by atomic mass is 35.5. The molecular weight excluding hydrogens is 395 g/mol. The molecule has 0 amide bonds. The second-order valence-electron chi connectivity index (χ2n) is 6.63. The topological polar surface area (TPSA) is 57.8 Å². The lowest BCUT2D eigenvalue weighted by atomic mass is 10.0. The number of nitrogens with zero attached hydrogens (tertiary/aromatic N) is 3. The van der Waals surface area contributed by atoms with E-state index >= 15 is 0 Å². The number of aliphatic hydroxyl groups is 1. The van der Waals surface area contributed by atoms with E-state index in [2.05, 4.69) is 4.98 Å². The van der Waals surface area contributed by atoms with Gasteiger partial charge in [-0.2, -0.15) is 18.2 Å². The third-order valence-electron chi connectivity index (χ3n) is 4.76. The minimum atomic E-state index is -4.57. The lowest BCUT2D eigenvalue weighted by Gasteiger charge is -2.21. The number of halogens is 4. The molecule has 0 spiro atoms. The van der Waals surface area contributed by atoms with Gasteiger partial charge in [-0.25, -0.2) is 0 Å². The molecule has 0 radical (unpaired) electrons. The molecule has 1 aromatic carbocycles. The van der Waals surface area contributed by atoms with Crippen molar-refractivity contribution in [3.8, 4) is 11.1 Å². The van der Waals surface area contributed by atoms with E-state index in [-0.39, 0.29) is 28.6 Å². The molecule has 9 heteroatoms. The van der Waals surface area contributed by atoms with Crippen LogP contribution in [0.15, 0.2) is 47.4 Å². The Labute approximate surface area is 162 Å². The number of benzene rings is 1. The summed E-state index contributed by atoms with van der Waals surface area (Å²) in [6.07, 6.45) is -3.41. The van der Waals surface area contributed by atoms with Crippen LogP contribution in [0.2, 0.25) is 5.02 Å². The fourth-order valence-corrected chi connectivity index (χ4v) is 3.65. The van der Waals surface area contributed by atoms with Gasteiger partial charge in [0, 0.05) is 29.9 Å². The minimum absolute atomic E-state index is 0.000181. The zero-order valence-corrected chi connectivity index (χ0v) is 15.2. The van der Waals surface area contributed by atoms with E-state index in [1.807, 2.05) is 0 Å². The number of pyridine rings is 1. The van der Waals surface area contributed by atoms with E-state index in [9.17, 15) is 23.1 Å². The molecule has 3 aromatic rings. The Hall–Kier alpha value is -2.58. The summed E-state index contributed by atoms with van der Waals surface area (Å²) in [5.41, 5.74) is -1.19. The average molecular weight is 410 g/mol. The van der Waals surface area contributed by atoms with E-state index in [0.717, 1.165) is 12.1 Å². The predicted octanol–water partition coefficient (Wildman–Crippen LogP) is 3.60. The molecule has 1 N–H and O–H groups in total. The van der Waals surface area contributed by atoms with Crippen LogP contribution in [0.5, 0.6) is 0 Å². The van der Waals surface area contributed by atoms with Crippen molar-refractivity contribution in [3.63, 3.8) is 0 Å². The Balaban J connectivity index is 2.05. The first-order valence-electron chi connectivity index (χ1n) is 8.57. The second-order valence-corrected chi connectivity index (χ2v) is 7.04. The summed E-state index contributed by atoms with van der Waals surface area (Å²) in [6.45, 7) is 0.698. The summed E-state index contributed by atoms with van der Waals surface area (Å²) in [7, 11) is 0. The number of anilines is 1. The van der Waals surface area contributed by atoms with Gasteiger partial charge in [0.2, 0.25) is 5.95 Å². The molecule has 0 bridgehead atoms. The van der Waals surface area contributed by atoms with Gasteiger partial charge in [-0.1, -0.05) is 29.8 Å². The van der Waals surface area contributed by atoms with E-state index in [1.54, 1.807) is 29.2 Å². The summed E-state index contributed by atoms with van der Waals surface area (Å²) in [5.74, 6) is 0.195. The maximum atomic E-state index is 13.3. The van der Waals surface area contributed by atoms with Crippen LogP contribution < -0.4 is 10.5 Å². The van der Waals surface area contributed by atoms with Gasteiger partial charge >= 0.3 is 6.18 Å². The van der Waals surface area contributed by atoms with Gasteiger partial charge in [0.25, 0.3) is 5.56 Å². The summed E-state index contributed by atoms with van der Waals surface area (Å²) in [4.78, 5) is 18.6. The molecule has 1 saturated heterocycles. The van der Waals surface area contributed by atoms with Gasteiger partial charge in [0.1, 0.15) is 0 Å². The quantitative estimate of drug-likeness (QED) is 0.702. The Morgan fingerprint density at radius 1 is 1.21 bits per heavy atom. The first-order chi connectivity index (χ1) is 13.3. The molecule has 1 fully saturated rings. The number of β-amino-alcohol motifs (C(OH)–C–C–N with tert-alkyl or cyclic N) is 1. The summed E-state index contributed by atoms with van der Waals surface area (Å²) in [6, 6.07) is 8.31. The van der Waals surface area contributed by atoms with Crippen LogP contribution >= 0.6 is 11.6 Å². The molecule has 2 aromatic heterocycles. The molecule has 4 rings (SSSR count). The smallest absolute Gasteiger partial charge is 0.391 e. The van der Waals surface area contributed by atoms with Gasteiger partial charge < -0.3 is 10.0 Å². The lowest BCUT2D eigenvalue weighted by molar-refractivity contribution is -0.137. The normalized spacial score (nSPS) is 17.5. The maximum absolute atomic E-state index is 13.3. The molecule has 28 heavy (non-hydrogen) atoms. The summed E-state index contributed by atoms with van der Waals surface area (Å²) in [5, 5.41) is 10.0. The van der Waals surface area contributed by atoms with Gasteiger partial charge in [-0.3, -0.25) is 9.20 Å². The lowest BCUT2D eigenvalue weighted by Crippen LogP contribution is -2.28. The molecule has 1 atom stereocenters. The van der Waals surface area contributed by atoms with Gasteiger partial charge in [0.15, 0.2) is 0 Å². The van der Waals surface area contributed by atoms with Crippen molar-refractivity contribution in [2.45, 2.75) is 18.7 Å². The Bertz CT molecular complexity index is 1110. The van der Waals surface area contributed by atoms with Crippen molar-refractivity contribution >= 4 is 23.1 Å². The standard InChI is InChI=1S/C19H15ClF3N3O2/c20-14-4-2-1-3-13(14)16-15-9-11(19(21,22)23)5-8-26(15)18(24-17(16)28)25-7-6-12(27)10-25/h1-5,8-9,12,27H,6-7,10H2. The highest BCUT2D eigenvalue weighted by Gasteiger charge is 2.32. The Kier molecular flexibility index (Phi) is 4.55. The van der Waals surface area contributed by atoms with Gasteiger partial charge in [-0.05, 0) is 24.6 Å². The monoisotopic (exact) mass is 409 g/mol. The number of hydrogen-bond donors (Lipinski definition) is 1. The van der Waals surface area contributed by atoms with Crippen molar-refractivity contribution in [1.29, 1.82) is 0 Å². The number of aliphatic hydroxyl groups excluding tert-OH is 1. The third kappa shape index (κ3) is 3.22. The van der Waals surface area contributed by atoms with Crippen LogP contribution in [0.1, 0.15) is 12.0 Å². The van der Waals surface area contributed by atoms with E-state index < -0.39 is 23.4 Å². The van der Waals surface area contributed by atoms with Crippen LogP contribution in [0, 0.1) is 0 Å². The van der Waals surface area contributed by atoms with Crippen LogP contribution in [-0.4, -0.2) is 33.7 Å². The molecule has 0 aliphatic carbocycles. The number of rotatable bonds is 2. The Morgan fingerprint density at radius 3 is 2.61 bits per heavy atom. The Morgan fingerprint density at radius 2 is 1.96 bits per heavy atom. The van der Waals surface area contributed by atoms with E-state index in [1.165, 1.54) is 10.6 Å². The van der Waals surface area contributed by atoms with Crippen molar-refractivity contribution < 1.29 is 18.3 Å². The van der Waals surface area contributed by atoms with Gasteiger partial charge in [-0.15, -0.1) is 0 Å². The molecule has 3 heterocycles. The molecule has 1 aliphatic rings. The second kappa shape index (κ2) is 6.79. The third-order valence-corrected chi connectivity index (χ3v) is 5.09. The number of fused-ring (bicyclic) bond motifs is 1. The highest BCUT2D eigenvalue weighted by Crippen LogP contribution is 2.34. The van der Waals surface area contributed by atoms with Crippen molar-refractivity contribution in [1.82, 2.24) is 9.38 Å². The fourth-order valence-electron chi connectivity index (χ4n) is 3.42. The van der Waals surface area contributed by atoms with E-state index in [4.69, 9.17) is 11.6 Å². The highest BCUT2D eigenvalue weighted by molar-refractivity contribution is 6.33. The summed E-state index contributed by atoms with van der Waals surface area (Å²) >= 11 is 6.21. The molecule has 1 unspecified atom stereocenters. The minimum Gasteiger partial charge on any atom is -0.391 e. The molecule has 5 nitrogen and oxygen atoms in total. The first-order valence-corrected chi connectivity index (χ1v) is 8.95. The number of alkyl halides is 3. The average Bonchev–Trinajstić information content (AvgIpc) is 3.07. The van der Waals surface area contributed by atoms with Crippen LogP contribution in [-0.2, 0) is 6.18 Å². The van der Waals surface area contributed by atoms with Crippen LogP contribution in [0.3, 0.4) is 0 Å². The fraction of sp³-hybridized carbons (Fsp3) is 0.263. The van der Waals surface area contributed by atoms with Gasteiger partial charge in [0.05, 0.1) is 22.7 Å². The number of hydrogen-bond acceptors (Lipinski definition) is 4. The molecular formula is C19H15ClF3N3O2. The maximum Gasteiger partial charge on any atom is 0.416 e. The van der Waals surface area contributed by atoms with Crippen LogP contribution in [0.25, 0.3) is 16.6 Å². The molecule has 0 saturated carbocycles. The predicted molar refractivity (Wildman–Crippen MR) is 99.7 cm³/mol. The molecule has 1 aliphatic heterocycles. The van der Waals surface area contributed by atoms with E-state index in [0.29, 0.717) is 18.5 Å². The summed E-state index contributed by atoms with van der Waals surface area (Å²) < 4.78 is 41.4.